The number of fused-ring (bicyclic) bond motifs is 1. The van der Waals surface area contributed by atoms with Crippen LogP contribution in [-0.4, -0.2) is 55.4 Å². The number of carbonyl (C=O) groups excluding carboxylic acids is 2. The first-order valence-electron chi connectivity index (χ1n) is 11.2. The highest BCUT2D eigenvalue weighted by Gasteiger charge is 2.39. The van der Waals surface area contributed by atoms with Crippen LogP contribution in [0.1, 0.15) is 72.0 Å². The van der Waals surface area contributed by atoms with E-state index in [1.165, 1.54) is 21.8 Å². The molecule has 2 fully saturated rings. The molecule has 1 aromatic rings. The summed E-state index contributed by atoms with van der Waals surface area (Å²) < 4.78 is 29.3. The van der Waals surface area contributed by atoms with E-state index in [2.05, 4.69) is 6.92 Å². The Labute approximate surface area is 182 Å². The van der Waals surface area contributed by atoms with Gasteiger partial charge >= 0.3 is 5.97 Å². The van der Waals surface area contributed by atoms with E-state index >= 15 is 0 Å². The number of rotatable bonds is 6. The Morgan fingerprint density at radius 2 is 1.93 bits per heavy atom. The molecule has 1 aliphatic heterocycles. The van der Waals surface area contributed by atoms with Gasteiger partial charge in [0.1, 0.15) is 4.88 Å². The molecule has 4 rings (SSSR count). The second-order valence-electron chi connectivity index (χ2n) is 8.95. The number of carbonyl (C=O) groups is 2. The SMILES string of the molecule is CCC1CCc2sc(C(=O)OCC(=O)N(C3CCCC3)C3CCS(=O)(=O)C3)cc2C1. The van der Waals surface area contributed by atoms with E-state index in [-0.39, 0.29) is 36.1 Å². The van der Waals surface area contributed by atoms with Crippen molar-refractivity contribution >= 4 is 33.1 Å². The normalized spacial score (nSPS) is 25.8. The predicted octanol–water partition coefficient (Wildman–Crippen LogP) is 3.38. The first-order chi connectivity index (χ1) is 14.4. The summed E-state index contributed by atoms with van der Waals surface area (Å²) >= 11 is 1.49. The summed E-state index contributed by atoms with van der Waals surface area (Å²) in [6.07, 6.45) is 8.71. The molecule has 6 nitrogen and oxygen atoms in total. The van der Waals surface area contributed by atoms with Crippen molar-refractivity contribution in [2.45, 2.75) is 76.8 Å². The van der Waals surface area contributed by atoms with Crippen LogP contribution in [0.15, 0.2) is 6.07 Å². The lowest BCUT2D eigenvalue weighted by molar-refractivity contribution is -0.139. The van der Waals surface area contributed by atoms with Crippen LogP contribution in [0, 0.1) is 5.92 Å². The van der Waals surface area contributed by atoms with Gasteiger partial charge in [0.25, 0.3) is 5.91 Å². The number of hydrogen-bond donors (Lipinski definition) is 0. The fraction of sp³-hybridized carbons (Fsp3) is 0.727. The number of ether oxygens (including phenoxy) is 1. The van der Waals surface area contributed by atoms with Crippen molar-refractivity contribution < 1.29 is 22.7 Å². The fourth-order valence-corrected chi connectivity index (χ4v) is 8.02. The van der Waals surface area contributed by atoms with Crippen LogP contribution in [0.4, 0.5) is 0 Å². The first-order valence-corrected chi connectivity index (χ1v) is 13.8. The smallest absolute Gasteiger partial charge is 0.348 e. The number of amides is 1. The summed E-state index contributed by atoms with van der Waals surface area (Å²) in [5.41, 5.74) is 1.25. The summed E-state index contributed by atoms with van der Waals surface area (Å²) in [6, 6.07) is 1.71. The number of nitrogens with zero attached hydrogens (tertiary/aromatic N) is 1. The van der Waals surface area contributed by atoms with Crippen molar-refractivity contribution in [1.82, 2.24) is 4.90 Å². The summed E-state index contributed by atoms with van der Waals surface area (Å²) in [4.78, 5) is 29.2. The number of esters is 1. The average Bonchev–Trinajstić information content (AvgIpc) is 3.45. The first kappa shape index (κ1) is 21.8. The molecule has 166 valence electrons. The predicted molar refractivity (Wildman–Crippen MR) is 117 cm³/mol. The molecular weight excluding hydrogens is 422 g/mol. The lowest BCUT2D eigenvalue weighted by Crippen LogP contribution is -2.48. The van der Waals surface area contributed by atoms with Crippen molar-refractivity contribution in [3.05, 3.63) is 21.4 Å². The van der Waals surface area contributed by atoms with E-state index in [0.717, 1.165) is 51.4 Å². The van der Waals surface area contributed by atoms with E-state index in [0.29, 0.717) is 17.2 Å². The molecule has 3 aliphatic rings. The van der Waals surface area contributed by atoms with Crippen LogP contribution < -0.4 is 0 Å². The zero-order valence-electron chi connectivity index (χ0n) is 17.6. The van der Waals surface area contributed by atoms with Crippen LogP contribution in [0.5, 0.6) is 0 Å². The van der Waals surface area contributed by atoms with Crippen molar-refractivity contribution in [2.75, 3.05) is 18.1 Å². The second kappa shape index (κ2) is 8.99. The summed E-state index contributed by atoms with van der Waals surface area (Å²) in [7, 11) is -3.09. The van der Waals surface area contributed by atoms with Crippen molar-refractivity contribution in [2.24, 2.45) is 5.92 Å². The molecule has 0 aromatic carbocycles. The highest BCUT2D eigenvalue weighted by molar-refractivity contribution is 7.91. The van der Waals surface area contributed by atoms with E-state index < -0.39 is 15.8 Å². The maximum absolute atomic E-state index is 13.0. The molecule has 2 atom stereocenters. The van der Waals surface area contributed by atoms with Gasteiger partial charge in [0.2, 0.25) is 0 Å². The lowest BCUT2D eigenvalue weighted by Gasteiger charge is -2.33. The minimum atomic E-state index is -3.09. The third kappa shape index (κ3) is 4.74. The van der Waals surface area contributed by atoms with Gasteiger partial charge in [0.15, 0.2) is 16.4 Å². The molecule has 1 saturated heterocycles. The average molecular weight is 454 g/mol. The molecule has 2 heterocycles. The van der Waals surface area contributed by atoms with Crippen molar-refractivity contribution in [3.63, 3.8) is 0 Å². The minimum absolute atomic E-state index is 0.0272. The number of hydrogen-bond acceptors (Lipinski definition) is 6. The van der Waals surface area contributed by atoms with Gasteiger partial charge in [-0.3, -0.25) is 4.79 Å². The Hall–Kier alpha value is -1.41. The largest absolute Gasteiger partial charge is 0.451 e. The van der Waals surface area contributed by atoms with Gasteiger partial charge in [-0.25, -0.2) is 13.2 Å². The maximum Gasteiger partial charge on any atom is 0.348 e. The van der Waals surface area contributed by atoms with Gasteiger partial charge in [-0.15, -0.1) is 11.3 Å². The van der Waals surface area contributed by atoms with Crippen molar-refractivity contribution in [3.8, 4) is 0 Å². The molecule has 1 amide bonds. The topological polar surface area (TPSA) is 80.8 Å². The van der Waals surface area contributed by atoms with Gasteiger partial charge in [-0.2, -0.15) is 0 Å². The van der Waals surface area contributed by atoms with E-state index in [9.17, 15) is 18.0 Å². The van der Waals surface area contributed by atoms with Gasteiger partial charge < -0.3 is 9.64 Å². The second-order valence-corrected chi connectivity index (χ2v) is 12.3. The Balaban J connectivity index is 1.39. The van der Waals surface area contributed by atoms with E-state index in [1.807, 2.05) is 6.07 Å². The summed E-state index contributed by atoms with van der Waals surface area (Å²) in [5, 5.41) is 0. The highest BCUT2D eigenvalue weighted by Crippen LogP contribution is 2.34. The lowest BCUT2D eigenvalue weighted by atomic mass is 9.87. The molecule has 0 N–H and O–H groups in total. The Bertz CT molecular complexity index is 901. The van der Waals surface area contributed by atoms with Crippen LogP contribution >= 0.6 is 11.3 Å². The summed E-state index contributed by atoms with van der Waals surface area (Å²) in [5.74, 6) is 0.138. The Morgan fingerprint density at radius 1 is 1.17 bits per heavy atom. The number of sulfone groups is 1. The molecule has 2 unspecified atom stereocenters. The molecule has 0 radical (unpaired) electrons. The van der Waals surface area contributed by atoms with E-state index in [4.69, 9.17) is 4.74 Å². The maximum atomic E-state index is 13.0. The molecule has 2 aliphatic carbocycles. The van der Waals surface area contributed by atoms with Gasteiger partial charge in [-0.1, -0.05) is 26.2 Å². The van der Waals surface area contributed by atoms with Crippen LogP contribution in [-0.2, 0) is 32.2 Å². The molecule has 1 aromatic heterocycles. The van der Waals surface area contributed by atoms with Crippen molar-refractivity contribution in [1.29, 1.82) is 0 Å². The monoisotopic (exact) mass is 453 g/mol. The summed E-state index contributed by atoms with van der Waals surface area (Å²) in [6.45, 7) is 1.89. The van der Waals surface area contributed by atoms with Crippen LogP contribution in [0.3, 0.4) is 0 Å². The molecular formula is C22H31NO5S2. The molecule has 8 heteroatoms. The Morgan fingerprint density at radius 3 is 2.60 bits per heavy atom. The van der Waals surface area contributed by atoms with Crippen LogP contribution in [0.2, 0.25) is 0 Å². The van der Waals surface area contributed by atoms with Gasteiger partial charge in [-0.05, 0) is 56.1 Å². The number of aryl methyl sites for hydroxylation is 1. The fourth-order valence-electron chi connectivity index (χ4n) is 5.20. The highest BCUT2D eigenvalue weighted by atomic mass is 32.2. The van der Waals surface area contributed by atoms with E-state index in [1.54, 1.807) is 4.90 Å². The third-order valence-electron chi connectivity index (χ3n) is 6.90. The van der Waals surface area contributed by atoms with Crippen LogP contribution in [0.25, 0.3) is 0 Å². The molecule has 0 bridgehead atoms. The zero-order valence-corrected chi connectivity index (χ0v) is 19.2. The zero-order chi connectivity index (χ0) is 21.3. The third-order valence-corrected chi connectivity index (χ3v) is 9.87. The number of thiophene rings is 1. The van der Waals surface area contributed by atoms with Gasteiger partial charge in [0.05, 0.1) is 11.5 Å². The standard InChI is InChI=1S/C22H31NO5S2/c1-2-15-7-8-19-16(11-15)12-20(29-19)22(25)28-13-21(24)23(17-5-3-4-6-17)18-9-10-30(26,27)14-18/h12,15,17-18H,2-11,13-14H2,1H3. The molecule has 0 spiro atoms. The molecule has 30 heavy (non-hydrogen) atoms. The minimum Gasteiger partial charge on any atom is -0.451 e. The molecule has 1 saturated carbocycles. The van der Waals surface area contributed by atoms with Gasteiger partial charge in [0, 0.05) is 17.0 Å². The quantitative estimate of drug-likeness (QED) is 0.617. The Kier molecular flexibility index (Phi) is 6.53.